The van der Waals surface area contributed by atoms with Crippen molar-refractivity contribution in [2.75, 3.05) is 39.2 Å². The third-order valence-electron chi connectivity index (χ3n) is 7.29. The topological polar surface area (TPSA) is 110 Å². The molecule has 3 aromatic heterocycles. The average Bonchev–Trinajstić information content (AvgIpc) is 3.34. The van der Waals surface area contributed by atoms with E-state index in [1.54, 1.807) is 17.6 Å². The molecule has 1 saturated heterocycles. The molecule has 1 N–H and O–H groups in total. The van der Waals surface area contributed by atoms with Gasteiger partial charge in [0, 0.05) is 54.7 Å². The van der Waals surface area contributed by atoms with E-state index in [1.165, 1.54) is 0 Å². The van der Waals surface area contributed by atoms with Crippen molar-refractivity contribution in [3.63, 3.8) is 0 Å². The molecule has 0 amide bonds. The first-order chi connectivity index (χ1) is 16.5. The lowest BCUT2D eigenvalue weighted by molar-refractivity contribution is -0.00658. The number of sulfonamides is 1. The molecule has 34 heavy (non-hydrogen) atoms. The third kappa shape index (κ3) is 4.95. The Morgan fingerprint density at radius 3 is 2.82 bits per heavy atom. The van der Waals surface area contributed by atoms with E-state index in [9.17, 15) is 8.42 Å². The number of fused-ring (bicyclic) bond motifs is 3. The Hall–Kier alpha value is -2.14. The van der Waals surface area contributed by atoms with Crippen molar-refractivity contribution in [2.24, 2.45) is 5.92 Å². The van der Waals surface area contributed by atoms with E-state index in [2.05, 4.69) is 20.2 Å². The summed E-state index contributed by atoms with van der Waals surface area (Å²) in [5.41, 5.74) is 1.87. The molecule has 0 aromatic carbocycles. The summed E-state index contributed by atoms with van der Waals surface area (Å²) in [5.74, 6) is 0.676. The van der Waals surface area contributed by atoms with Gasteiger partial charge in [-0.25, -0.2) is 13.4 Å². The Morgan fingerprint density at radius 2 is 2.00 bits per heavy atom. The number of nitrogens with zero attached hydrogens (tertiary/aromatic N) is 4. The molecule has 9 nitrogen and oxygen atoms in total. The quantitative estimate of drug-likeness (QED) is 0.486. The number of methoxy groups -OCH3 is 1. The molecule has 1 unspecified atom stereocenters. The highest BCUT2D eigenvalue weighted by Gasteiger charge is 2.34. The van der Waals surface area contributed by atoms with Crippen LogP contribution in [0.3, 0.4) is 0 Å². The Labute approximate surface area is 200 Å². The lowest BCUT2D eigenvalue weighted by Gasteiger charge is -2.34. The van der Waals surface area contributed by atoms with Crippen LogP contribution in [0.1, 0.15) is 50.1 Å². The van der Waals surface area contributed by atoms with Crippen LogP contribution in [-0.2, 0) is 19.5 Å². The lowest BCUT2D eigenvalue weighted by Crippen LogP contribution is -2.45. The van der Waals surface area contributed by atoms with E-state index in [0.29, 0.717) is 26.3 Å². The molecule has 4 heterocycles. The Morgan fingerprint density at radius 1 is 1.15 bits per heavy atom. The van der Waals surface area contributed by atoms with Gasteiger partial charge in [-0.3, -0.25) is 0 Å². The fourth-order valence-corrected chi connectivity index (χ4v) is 7.43. The number of ether oxygens (including phenoxy) is 2. The molecule has 1 aliphatic heterocycles. The first-order valence-electron chi connectivity index (χ1n) is 12.2. The summed E-state index contributed by atoms with van der Waals surface area (Å²) in [4.78, 5) is 7.65. The number of hydrogen-bond donors (Lipinski definition) is 1. The number of H-pyrrole nitrogens is 1. The lowest BCUT2D eigenvalue weighted by atomic mass is 9.80. The van der Waals surface area contributed by atoms with Gasteiger partial charge in [0.05, 0.1) is 37.0 Å². The molecule has 5 rings (SSSR count). The summed E-state index contributed by atoms with van der Waals surface area (Å²) in [6, 6.07) is 2.04. The number of rotatable bonds is 8. The van der Waals surface area contributed by atoms with Gasteiger partial charge in [0.2, 0.25) is 10.0 Å². The van der Waals surface area contributed by atoms with E-state index in [4.69, 9.17) is 9.47 Å². The third-order valence-corrected chi connectivity index (χ3v) is 9.30. The molecule has 3 aromatic rings. The average molecular weight is 488 g/mol. The number of pyridine rings is 1. The molecule has 1 aliphatic carbocycles. The minimum absolute atomic E-state index is 0.0425. The van der Waals surface area contributed by atoms with Crippen molar-refractivity contribution in [1.82, 2.24) is 24.5 Å². The van der Waals surface area contributed by atoms with Gasteiger partial charge in [-0.1, -0.05) is 0 Å². The van der Waals surface area contributed by atoms with E-state index in [0.717, 1.165) is 66.0 Å². The number of hydrogen-bond acceptors (Lipinski definition) is 7. The fraction of sp³-hybridized carbons (Fsp3) is 0.625. The van der Waals surface area contributed by atoms with Crippen molar-refractivity contribution < 1.29 is 17.9 Å². The first-order valence-corrected chi connectivity index (χ1v) is 13.8. The van der Waals surface area contributed by atoms with Gasteiger partial charge in [-0.2, -0.15) is 14.5 Å². The monoisotopic (exact) mass is 487 g/mol. The van der Waals surface area contributed by atoms with Crippen molar-refractivity contribution >= 4 is 31.8 Å². The zero-order valence-electron chi connectivity index (χ0n) is 19.6. The summed E-state index contributed by atoms with van der Waals surface area (Å²) in [6.07, 6.45) is 10.8. The number of aromatic amines is 1. The standard InChI is InChI=1S/C24H33N5O4S/c1-32-11-12-33-20-3-2-10-29(15-20)34(30,31)16-17-4-6-18(7-5-17)23-22-19(14-27-28-23)13-26-24-21(22)8-9-25-24/h8-9,13-14,17-18,20H,2-7,10-12,15-16H2,1H3,(H,25,26). The van der Waals surface area contributed by atoms with Crippen LogP contribution in [0, 0.1) is 5.92 Å². The summed E-state index contributed by atoms with van der Waals surface area (Å²) in [7, 11) is -1.66. The van der Waals surface area contributed by atoms with Crippen LogP contribution in [0.2, 0.25) is 0 Å². The summed E-state index contributed by atoms with van der Waals surface area (Å²) >= 11 is 0. The Bertz CT molecular complexity index is 1220. The smallest absolute Gasteiger partial charge is 0.214 e. The minimum Gasteiger partial charge on any atom is -0.382 e. The van der Waals surface area contributed by atoms with Crippen LogP contribution >= 0.6 is 0 Å². The zero-order chi connectivity index (χ0) is 23.5. The molecule has 1 saturated carbocycles. The summed E-state index contributed by atoms with van der Waals surface area (Å²) in [5, 5.41) is 11.9. The second-order valence-corrected chi connectivity index (χ2v) is 11.6. The van der Waals surface area contributed by atoms with E-state index < -0.39 is 10.0 Å². The van der Waals surface area contributed by atoms with Crippen LogP contribution < -0.4 is 0 Å². The second-order valence-electron chi connectivity index (χ2n) is 9.54. The molecule has 2 aliphatic rings. The van der Waals surface area contributed by atoms with Crippen molar-refractivity contribution in [3.05, 3.63) is 30.4 Å². The number of nitrogens with one attached hydrogen (secondary N) is 1. The maximum absolute atomic E-state index is 13.2. The SMILES string of the molecule is COCCOC1CCCN(S(=O)(=O)CC2CCC(c3nncc4cnc5[nH]ccc5c34)CC2)C1. The van der Waals surface area contributed by atoms with Crippen LogP contribution in [0.4, 0.5) is 0 Å². The number of aromatic nitrogens is 4. The molecule has 2 fully saturated rings. The van der Waals surface area contributed by atoms with Gasteiger partial charge >= 0.3 is 0 Å². The molecule has 184 valence electrons. The zero-order valence-corrected chi connectivity index (χ0v) is 20.5. The predicted octanol–water partition coefficient (Wildman–Crippen LogP) is 3.24. The van der Waals surface area contributed by atoms with Gasteiger partial charge < -0.3 is 14.5 Å². The highest BCUT2D eigenvalue weighted by atomic mass is 32.2. The van der Waals surface area contributed by atoms with Crippen molar-refractivity contribution in [1.29, 1.82) is 0 Å². The van der Waals surface area contributed by atoms with E-state index >= 15 is 0 Å². The minimum atomic E-state index is -3.30. The molecule has 10 heteroatoms. The van der Waals surface area contributed by atoms with Gasteiger partial charge in [-0.05, 0) is 50.5 Å². The van der Waals surface area contributed by atoms with Gasteiger partial charge in [0.25, 0.3) is 0 Å². The Kier molecular flexibility index (Phi) is 7.10. The van der Waals surface area contributed by atoms with Crippen LogP contribution in [0.5, 0.6) is 0 Å². The van der Waals surface area contributed by atoms with Gasteiger partial charge in [-0.15, -0.1) is 0 Å². The largest absolute Gasteiger partial charge is 0.382 e. The van der Waals surface area contributed by atoms with Crippen LogP contribution in [0.15, 0.2) is 24.7 Å². The maximum Gasteiger partial charge on any atom is 0.214 e. The summed E-state index contributed by atoms with van der Waals surface area (Å²) < 4.78 is 38.9. The van der Waals surface area contributed by atoms with E-state index in [-0.39, 0.29) is 23.7 Å². The molecule has 0 bridgehead atoms. The summed E-state index contributed by atoms with van der Waals surface area (Å²) in [6.45, 7) is 2.07. The Balaban J connectivity index is 1.22. The number of piperidine rings is 1. The fourth-order valence-electron chi connectivity index (χ4n) is 5.49. The van der Waals surface area contributed by atoms with Crippen molar-refractivity contribution in [2.45, 2.75) is 50.5 Å². The van der Waals surface area contributed by atoms with Crippen LogP contribution in [-0.4, -0.2) is 78.2 Å². The molecular formula is C24H33N5O4S. The van der Waals surface area contributed by atoms with Crippen LogP contribution in [0.25, 0.3) is 21.8 Å². The molecule has 0 radical (unpaired) electrons. The van der Waals surface area contributed by atoms with Gasteiger partial charge in [0.1, 0.15) is 5.65 Å². The highest BCUT2D eigenvalue weighted by Crippen LogP contribution is 2.39. The van der Waals surface area contributed by atoms with Gasteiger partial charge in [0.15, 0.2) is 0 Å². The molecular weight excluding hydrogens is 454 g/mol. The molecule has 0 spiro atoms. The first kappa shape index (κ1) is 23.6. The second kappa shape index (κ2) is 10.2. The predicted molar refractivity (Wildman–Crippen MR) is 130 cm³/mol. The normalized spacial score (nSPS) is 24.7. The maximum atomic E-state index is 13.2. The molecule has 1 atom stereocenters. The van der Waals surface area contributed by atoms with E-state index in [1.807, 2.05) is 18.5 Å². The van der Waals surface area contributed by atoms with Crippen molar-refractivity contribution in [3.8, 4) is 0 Å². The highest BCUT2D eigenvalue weighted by molar-refractivity contribution is 7.89.